The van der Waals surface area contributed by atoms with Gasteiger partial charge in [0.15, 0.2) is 18.6 Å². The van der Waals surface area contributed by atoms with Gasteiger partial charge in [-0.05, 0) is 93.3 Å². The first kappa shape index (κ1) is 24.0. The second-order valence-electron chi connectivity index (χ2n) is 8.45. The summed E-state index contributed by atoms with van der Waals surface area (Å²) in [6.45, 7) is 10.3. The zero-order chi connectivity index (χ0) is 24.6. The van der Waals surface area contributed by atoms with E-state index in [0.29, 0.717) is 39.8 Å². The Hall–Kier alpha value is -3.11. The zero-order valence-electron chi connectivity index (χ0n) is 20.8. The number of benzene rings is 3. The molecule has 0 atom stereocenters. The molecule has 0 fully saturated rings. The highest BCUT2D eigenvalue weighted by molar-refractivity contribution is 7.85. The van der Waals surface area contributed by atoms with Gasteiger partial charge in [0, 0.05) is 15.9 Å². The summed E-state index contributed by atoms with van der Waals surface area (Å²) in [4.78, 5) is 0. The molecule has 0 bridgehead atoms. The average molecular weight is 483 g/mol. The molecule has 6 nitrogen and oxygen atoms in total. The lowest BCUT2D eigenvalue weighted by Crippen LogP contribution is -2.26. The maximum absolute atomic E-state index is 15.3. The SMILES string of the molecule is CCOc1cc(P(=O)(c2cc(C)c(OC)c(C)c2)c2cc(C)c(OC)c(C)c2)cc2c1OCO2. The molecule has 3 aromatic carbocycles. The Kier molecular flexibility index (Phi) is 6.55. The van der Waals surface area contributed by atoms with Crippen LogP contribution in [0.15, 0.2) is 36.4 Å². The van der Waals surface area contributed by atoms with Crippen molar-refractivity contribution in [3.05, 3.63) is 58.7 Å². The fourth-order valence-electron chi connectivity index (χ4n) is 4.72. The lowest BCUT2D eigenvalue weighted by Gasteiger charge is -2.24. The van der Waals surface area contributed by atoms with Gasteiger partial charge in [-0.1, -0.05) is 0 Å². The average Bonchev–Trinajstić information content (AvgIpc) is 3.27. The van der Waals surface area contributed by atoms with Crippen molar-refractivity contribution in [2.45, 2.75) is 34.6 Å². The van der Waals surface area contributed by atoms with E-state index in [0.717, 1.165) is 33.8 Å². The van der Waals surface area contributed by atoms with Crippen LogP contribution < -0.4 is 39.6 Å². The van der Waals surface area contributed by atoms with E-state index in [-0.39, 0.29) is 6.79 Å². The Balaban J connectivity index is 2.05. The first-order valence-corrected chi connectivity index (χ1v) is 12.9. The Morgan fingerprint density at radius 2 is 1.24 bits per heavy atom. The first-order chi connectivity index (χ1) is 16.2. The summed E-state index contributed by atoms with van der Waals surface area (Å²) >= 11 is 0. The van der Waals surface area contributed by atoms with E-state index in [1.54, 1.807) is 14.2 Å². The monoisotopic (exact) mass is 482 g/mol. The Labute approximate surface area is 201 Å². The third-order valence-electron chi connectivity index (χ3n) is 6.11. The Morgan fingerprint density at radius 1 is 0.765 bits per heavy atom. The number of rotatable bonds is 7. The normalized spacial score (nSPS) is 12.6. The van der Waals surface area contributed by atoms with Crippen LogP contribution in [0.1, 0.15) is 29.2 Å². The molecule has 0 saturated carbocycles. The van der Waals surface area contributed by atoms with E-state index in [9.17, 15) is 0 Å². The lowest BCUT2D eigenvalue weighted by molar-refractivity contribution is 0.170. The number of aryl methyl sites for hydroxylation is 4. The molecular formula is C27H31O6P. The smallest absolute Gasteiger partial charge is 0.231 e. The molecule has 0 amide bonds. The van der Waals surface area contributed by atoms with Crippen molar-refractivity contribution >= 4 is 23.1 Å². The van der Waals surface area contributed by atoms with Gasteiger partial charge in [0.25, 0.3) is 0 Å². The molecule has 1 aliphatic rings. The third-order valence-corrected chi connectivity index (χ3v) is 9.07. The minimum atomic E-state index is -3.35. The van der Waals surface area contributed by atoms with Crippen LogP contribution >= 0.6 is 7.14 Å². The number of hydrogen-bond acceptors (Lipinski definition) is 6. The highest BCUT2D eigenvalue weighted by Gasteiger charge is 2.35. The van der Waals surface area contributed by atoms with E-state index in [4.69, 9.17) is 23.7 Å². The van der Waals surface area contributed by atoms with Gasteiger partial charge in [0.2, 0.25) is 12.5 Å². The molecule has 0 unspecified atom stereocenters. The first-order valence-electron chi connectivity index (χ1n) is 11.2. The van der Waals surface area contributed by atoms with E-state index in [1.807, 2.05) is 71.0 Å². The molecule has 3 aromatic rings. The van der Waals surface area contributed by atoms with Crippen LogP contribution in [0.4, 0.5) is 0 Å². The minimum Gasteiger partial charge on any atom is -0.496 e. The molecular weight excluding hydrogens is 451 g/mol. The third kappa shape index (κ3) is 3.90. The largest absolute Gasteiger partial charge is 0.496 e. The van der Waals surface area contributed by atoms with Crippen molar-refractivity contribution in [1.82, 2.24) is 0 Å². The fourth-order valence-corrected chi connectivity index (χ4v) is 7.71. The van der Waals surface area contributed by atoms with Crippen LogP contribution in [-0.2, 0) is 4.57 Å². The summed E-state index contributed by atoms with van der Waals surface area (Å²) in [6, 6.07) is 11.4. The quantitative estimate of drug-likeness (QED) is 0.455. The lowest BCUT2D eigenvalue weighted by atomic mass is 10.1. The van der Waals surface area contributed by atoms with Crippen molar-refractivity contribution in [2.75, 3.05) is 27.6 Å². The molecule has 0 saturated heterocycles. The van der Waals surface area contributed by atoms with Crippen LogP contribution in [0.25, 0.3) is 0 Å². The van der Waals surface area contributed by atoms with Crippen molar-refractivity contribution in [1.29, 1.82) is 0 Å². The molecule has 0 spiro atoms. The van der Waals surface area contributed by atoms with Gasteiger partial charge in [-0.15, -0.1) is 0 Å². The predicted octanol–water partition coefficient (Wildman–Crippen LogP) is 4.70. The molecule has 0 aliphatic carbocycles. The number of hydrogen-bond donors (Lipinski definition) is 0. The van der Waals surface area contributed by atoms with Crippen LogP contribution in [0.5, 0.6) is 28.7 Å². The van der Waals surface area contributed by atoms with Crippen molar-refractivity contribution in [2.24, 2.45) is 0 Å². The van der Waals surface area contributed by atoms with Gasteiger partial charge in [-0.3, -0.25) is 0 Å². The van der Waals surface area contributed by atoms with Gasteiger partial charge in [0.05, 0.1) is 20.8 Å². The second kappa shape index (κ2) is 9.27. The highest BCUT2D eigenvalue weighted by atomic mass is 31.2. The summed E-state index contributed by atoms with van der Waals surface area (Å²) in [5.74, 6) is 3.18. The summed E-state index contributed by atoms with van der Waals surface area (Å²) in [7, 11) is -0.0548. The van der Waals surface area contributed by atoms with Crippen LogP contribution in [0.3, 0.4) is 0 Å². The van der Waals surface area contributed by atoms with Crippen molar-refractivity contribution < 1.29 is 28.2 Å². The fraction of sp³-hybridized carbons (Fsp3) is 0.333. The summed E-state index contributed by atoms with van der Waals surface area (Å²) in [6.07, 6.45) is 0. The molecule has 4 rings (SSSR count). The van der Waals surface area contributed by atoms with Crippen molar-refractivity contribution in [3.8, 4) is 28.7 Å². The molecule has 180 valence electrons. The molecule has 34 heavy (non-hydrogen) atoms. The Bertz CT molecular complexity index is 1190. The van der Waals surface area contributed by atoms with E-state index in [1.165, 1.54) is 0 Å². The summed E-state index contributed by atoms with van der Waals surface area (Å²) in [5.41, 5.74) is 3.69. The Morgan fingerprint density at radius 3 is 1.68 bits per heavy atom. The van der Waals surface area contributed by atoms with E-state index < -0.39 is 7.14 Å². The number of ether oxygens (including phenoxy) is 5. The molecule has 1 aliphatic heterocycles. The predicted molar refractivity (Wildman–Crippen MR) is 135 cm³/mol. The molecule has 0 N–H and O–H groups in total. The summed E-state index contributed by atoms with van der Waals surface area (Å²) < 4.78 is 43.7. The molecule has 0 aromatic heterocycles. The van der Waals surface area contributed by atoms with Crippen molar-refractivity contribution in [3.63, 3.8) is 0 Å². The zero-order valence-corrected chi connectivity index (χ0v) is 21.7. The van der Waals surface area contributed by atoms with E-state index in [2.05, 4.69) is 0 Å². The van der Waals surface area contributed by atoms with Gasteiger partial charge in [0.1, 0.15) is 11.5 Å². The maximum atomic E-state index is 15.3. The summed E-state index contributed by atoms with van der Waals surface area (Å²) in [5, 5.41) is 2.05. The van der Waals surface area contributed by atoms with Gasteiger partial charge < -0.3 is 28.2 Å². The number of methoxy groups -OCH3 is 2. The topological polar surface area (TPSA) is 63.2 Å². The molecule has 7 heteroatoms. The number of fused-ring (bicyclic) bond motifs is 1. The van der Waals surface area contributed by atoms with Crippen LogP contribution in [0.2, 0.25) is 0 Å². The van der Waals surface area contributed by atoms with Gasteiger partial charge in [-0.25, -0.2) is 0 Å². The van der Waals surface area contributed by atoms with Gasteiger partial charge >= 0.3 is 0 Å². The maximum Gasteiger partial charge on any atom is 0.231 e. The second-order valence-corrected chi connectivity index (χ2v) is 11.2. The standard InChI is InChI=1S/C27H31O6P/c1-8-31-23-13-22(14-24-27(23)33-15-32-24)34(28,20-9-16(2)25(29-6)17(3)10-20)21-11-18(4)26(30-7)19(5)12-21/h9-14H,8,15H2,1-7H3. The van der Waals surface area contributed by atoms with E-state index >= 15 is 4.57 Å². The highest BCUT2D eigenvalue weighted by Crippen LogP contribution is 2.49. The molecule has 1 heterocycles. The van der Waals surface area contributed by atoms with Crippen LogP contribution in [-0.4, -0.2) is 27.6 Å². The van der Waals surface area contributed by atoms with Crippen LogP contribution in [0, 0.1) is 27.7 Å². The van der Waals surface area contributed by atoms with Gasteiger partial charge in [-0.2, -0.15) is 0 Å². The molecule has 0 radical (unpaired) electrons. The minimum absolute atomic E-state index is 0.102.